The van der Waals surface area contributed by atoms with Crippen LogP contribution in [0, 0.1) is 0 Å². The number of rotatable bonds is 4. The SMILES string of the molecule is CC(Sc1nc(-c2ccccc2)cn1N)c1ccccc1. The highest BCUT2D eigenvalue weighted by Gasteiger charge is 2.13. The van der Waals surface area contributed by atoms with E-state index in [1.165, 1.54) is 5.56 Å². The lowest BCUT2D eigenvalue weighted by Gasteiger charge is -2.10. The molecular formula is C17H17N3S. The van der Waals surface area contributed by atoms with Gasteiger partial charge in [0, 0.05) is 10.8 Å². The average molecular weight is 295 g/mol. The minimum atomic E-state index is 0.305. The van der Waals surface area contributed by atoms with Gasteiger partial charge in [0.15, 0.2) is 5.16 Å². The lowest BCUT2D eigenvalue weighted by atomic mass is 10.2. The molecule has 0 saturated heterocycles. The first-order chi connectivity index (χ1) is 10.2. The third kappa shape index (κ3) is 3.11. The van der Waals surface area contributed by atoms with Gasteiger partial charge in [-0.3, -0.25) is 0 Å². The van der Waals surface area contributed by atoms with E-state index in [0.29, 0.717) is 5.25 Å². The molecule has 0 spiro atoms. The number of nitrogens with zero attached hydrogens (tertiary/aromatic N) is 2. The maximum Gasteiger partial charge on any atom is 0.187 e. The predicted octanol–water partition coefficient (Wildman–Crippen LogP) is 4.12. The van der Waals surface area contributed by atoms with Gasteiger partial charge in [-0.05, 0) is 12.5 Å². The van der Waals surface area contributed by atoms with Crippen LogP contribution < -0.4 is 5.84 Å². The first kappa shape index (κ1) is 13.8. The van der Waals surface area contributed by atoms with Crippen LogP contribution in [-0.2, 0) is 0 Å². The van der Waals surface area contributed by atoms with Crippen LogP contribution in [0.4, 0.5) is 0 Å². The van der Waals surface area contributed by atoms with Crippen LogP contribution in [0.15, 0.2) is 72.0 Å². The van der Waals surface area contributed by atoms with Crippen molar-refractivity contribution < 1.29 is 0 Å². The monoisotopic (exact) mass is 295 g/mol. The molecule has 1 unspecified atom stereocenters. The fourth-order valence-electron chi connectivity index (χ4n) is 2.16. The number of nitrogen functional groups attached to an aromatic ring is 1. The van der Waals surface area contributed by atoms with Crippen molar-refractivity contribution in [2.45, 2.75) is 17.3 Å². The zero-order chi connectivity index (χ0) is 14.7. The quantitative estimate of drug-likeness (QED) is 0.581. The Morgan fingerprint density at radius 3 is 2.29 bits per heavy atom. The molecule has 0 aliphatic rings. The molecule has 2 aromatic carbocycles. The fraction of sp³-hybridized carbons (Fsp3) is 0.118. The van der Waals surface area contributed by atoms with Crippen molar-refractivity contribution >= 4 is 11.8 Å². The number of hydrogen-bond donors (Lipinski definition) is 1. The van der Waals surface area contributed by atoms with E-state index in [4.69, 9.17) is 5.84 Å². The van der Waals surface area contributed by atoms with Crippen molar-refractivity contribution in [3.05, 3.63) is 72.4 Å². The van der Waals surface area contributed by atoms with Crippen LogP contribution in [0.3, 0.4) is 0 Å². The van der Waals surface area contributed by atoms with Gasteiger partial charge in [0.05, 0.1) is 11.9 Å². The first-order valence-electron chi connectivity index (χ1n) is 6.85. The molecule has 0 bridgehead atoms. The highest BCUT2D eigenvalue weighted by atomic mass is 32.2. The van der Waals surface area contributed by atoms with Gasteiger partial charge in [-0.1, -0.05) is 72.4 Å². The zero-order valence-corrected chi connectivity index (χ0v) is 12.6. The molecule has 3 rings (SSSR count). The fourth-order valence-corrected chi connectivity index (χ4v) is 3.10. The Morgan fingerprint density at radius 2 is 1.62 bits per heavy atom. The second-order valence-corrected chi connectivity index (χ2v) is 6.16. The van der Waals surface area contributed by atoms with Crippen molar-refractivity contribution in [1.29, 1.82) is 0 Å². The van der Waals surface area contributed by atoms with Crippen molar-refractivity contribution in [2.75, 3.05) is 5.84 Å². The third-order valence-corrected chi connectivity index (χ3v) is 4.46. The van der Waals surface area contributed by atoms with Gasteiger partial charge < -0.3 is 5.84 Å². The van der Waals surface area contributed by atoms with Gasteiger partial charge in [0.2, 0.25) is 0 Å². The highest BCUT2D eigenvalue weighted by molar-refractivity contribution is 7.99. The summed E-state index contributed by atoms with van der Waals surface area (Å²) in [7, 11) is 0. The van der Waals surface area contributed by atoms with E-state index in [1.54, 1.807) is 16.4 Å². The molecule has 2 N–H and O–H groups in total. The second kappa shape index (κ2) is 6.06. The zero-order valence-electron chi connectivity index (χ0n) is 11.8. The van der Waals surface area contributed by atoms with Crippen LogP contribution in [0.2, 0.25) is 0 Å². The van der Waals surface area contributed by atoms with Gasteiger partial charge in [0.1, 0.15) is 0 Å². The van der Waals surface area contributed by atoms with Crippen LogP contribution in [0.1, 0.15) is 17.7 Å². The predicted molar refractivity (Wildman–Crippen MR) is 88.5 cm³/mol. The van der Waals surface area contributed by atoms with E-state index < -0.39 is 0 Å². The summed E-state index contributed by atoms with van der Waals surface area (Å²) >= 11 is 1.67. The molecule has 0 saturated carbocycles. The molecule has 0 aliphatic heterocycles. The maximum atomic E-state index is 6.04. The Labute approximate surface area is 128 Å². The summed E-state index contributed by atoms with van der Waals surface area (Å²) < 4.78 is 1.60. The summed E-state index contributed by atoms with van der Waals surface area (Å²) in [5.41, 5.74) is 3.25. The van der Waals surface area contributed by atoms with Crippen LogP contribution in [0.25, 0.3) is 11.3 Å². The van der Waals surface area contributed by atoms with E-state index >= 15 is 0 Å². The molecule has 106 valence electrons. The third-order valence-electron chi connectivity index (χ3n) is 3.32. The summed E-state index contributed by atoms with van der Waals surface area (Å²) in [6.07, 6.45) is 1.87. The van der Waals surface area contributed by atoms with Gasteiger partial charge in [-0.25, -0.2) is 9.66 Å². The summed E-state index contributed by atoms with van der Waals surface area (Å²) in [4.78, 5) is 4.65. The summed E-state index contributed by atoms with van der Waals surface area (Å²) in [5.74, 6) is 6.04. The smallest absolute Gasteiger partial charge is 0.187 e. The van der Waals surface area contributed by atoms with Crippen LogP contribution in [0.5, 0.6) is 0 Å². The minimum absolute atomic E-state index is 0.305. The van der Waals surface area contributed by atoms with Crippen LogP contribution in [-0.4, -0.2) is 9.66 Å². The average Bonchev–Trinajstić information content (AvgIpc) is 2.90. The van der Waals surface area contributed by atoms with E-state index in [2.05, 4.69) is 36.2 Å². The van der Waals surface area contributed by atoms with Crippen molar-refractivity contribution in [3.63, 3.8) is 0 Å². The number of thioether (sulfide) groups is 1. The number of benzene rings is 2. The van der Waals surface area contributed by atoms with Crippen molar-refractivity contribution in [2.24, 2.45) is 0 Å². The molecule has 1 aromatic heterocycles. The lowest BCUT2D eigenvalue weighted by Crippen LogP contribution is -2.08. The van der Waals surface area contributed by atoms with E-state index in [0.717, 1.165) is 16.4 Å². The summed E-state index contributed by atoms with van der Waals surface area (Å²) in [6, 6.07) is 20.5. The van der Waals surface area contributed by atoms with Crippen LogP contribution >= 0.6 is 11.8 Å². The Hall–Kier alpha value is -2.20. The Kier molecular flexibility index (Phi) is 3.97. The molecule has 4 heteroatoms. The molecule has 1 heterocycles. The van der Waals surface area contributed by atoms with Gasteiger partial charge >= 0.3 is 0 Å². The lowest BCUT2D eigenvalue weighted by molar-refractivity contribution is 0.846. The molecule has 1 atom stereocenters. The number of nitrogens with two attached hydrogens (primary N) is 1. The van der Waals surface area contributed by atoms with Gasteiger partial charge in [0.25, 0.3) is 0 Å². The highest BCUT2D eigenvalue weighted by Crippen LogP contribution is 2.34. The Bertz CT molecular complexity index is 707. The Balaban J connectivity index is 1.82. The summed E-state index contributed by atoms with van der Waals surface area (Å²) in [5, 5.41) is 1.13. The number of hydrogen-bond acceptors (Lipinski definition) is 3. The van der Waals surface area contributed by atoms with Crippen molar-refractivity contribution in [3.8, 4) is 11.3 Å². The van der Waals surface area contributed by atoms with Gasteiger partial charge in [-0.2, -0.15) is 0 Å². The number of aromatic nitrogens is 2. The molecule has 0 aliphatic carbocycles. The normalized spacial score (nSPS) is 12.2. The molecular weight excluding hydrogens is 278 g/mol. The first-order valence-corrected chi connectivity index (χ1v) is 7.73. The molecule has 0 fully saturated rings. The van der Waals surface area contributed by atoms with Gasteiger partial charge in [-0.15, -0.1) is 0 Å². The second-order valence-electron chi connectivity index (χ2n) is 4.85. The standard InChI is InChI=1S/C17H17N3S/c1-13(14-8-4-2-5-9-14)21-17-19-16(12-20(17)18)15-10-6-3-7-11-15/h2-13H,18H2,1H3. The topological polar surface area (TPSA) is 43.8 Å². The number of imidazole rings is 1. The molecule has 21 heavy (non-hydrogen) atoms. The van der Waals surface area contributed by atoms with E-state index in [-0.39, 0.29) is 0 Å². The molecule has 3 aromatic rings. The molecule has 0 radical (unpaired) electrons. The van der Waals surface area contributed by atoms with Crippen molar-refractivity contribution in [1.82, 2.24) is 9.66 Å². The maximum absolute atomic E-state index is 6.04. The summed E-state index contributed by atoms with van der Waals surface area (Å²) in [6.45, 7) is 2.16. The molecule has 3 nitrogen and oxygen atoms in total. The minimum Gasteiger partial charge on any atom is -0.337 e. The largest absolute Gasteiger partial charge is 0.337 e. The van der Waals surface area contributed by atoms with E-state index in [9.17, 15) is 0 Å². The molecule has 0 amide bonds. The van der Waals surface area contributed by atoms with E-state index in [1.807, 2.05) is 42.6 Å². The Morgan fingerprint density at radius 1 is 1.00 bits per heavy atom.